The van der Waals surface area contributed by atoms with Crippen LogP contribution in [0.4, 0.5) is 0 Å². The van der Waals surface area contributed by atoms with Crippen molar-refractivity contribution >= 4 is 23.6 Å². The monoisotopic (exact) mass is 481 g/mol. The summed E-state index contributed by atoms with van der Waals surface area (Å²) >= 11 is 0. The van der Waals surface area contributed by atoms with Crippen molar-refractivity contribution in [3.05, 3.63) is 53.6 Å². The lowest BCUT2D eigenvalue weighted by molar-refractivity contribution is -0.145. The van der Waals surface area contributed by atoms with Gasteiger partial charge in [0, 0.05) is 36.6 Å². The minimum atomic E-state index is -0.575. The molecule has 4 N–H and O–H groups in total. The van der Waals surface area contributed by atoms with Gasteiger partial charge in [-0.25, -0.2) is 11.0 Å². The Hall–Kier alpha value is -4.87. The van der Waals surface area contributed by atoms with E-state index in [1.54, 1.807) is 42.5 Å². The molecule has 0 saturated carbocycles. The number of ether oxygens (including phenoxy) is 2. The lowest BCUT2D eigenvalue weighted by Gasteiger charge is -2.11. The first kappa shape index (κ1) is 24.8. The third-order valence-electron chi connectivity index (χ3n) is 4.63. The normalized spacial score (nSPS) is 10.2. The Kier molecular flexibility index (Phi) is 7.66. The van der Waals surface area contributed by atoms with Crippen LogP contribution >= 0.6 is 0 Å². The SMILES string of the molecule is COc1cc(C(=N)NOC(C)=O)ccc1-c1cc(-c2ccc(C(=N)NOC(C)=O)cc2OC)on1. The minimum absolute atomic E-state index is 0.121. The molecule has 0 bridgehead atoms. The Bertz CT molecular complexity index is 1190. The van der Waals surface area contributed by atoms with Crippen LogP contribution in [0.1, 0.15) is 25.0 Å². The van der Waals surface area contributed by atoms with Crippen LogP contribution in [0.3, 0.4) is 0 Å². The highest BCUT2D eigenvalue weighted by Gasteiger charge is 2.18. The van der Waals surface area contributed by atoms with Crippen LogP contribution in [0.5, 0.6) is 11.5 Å². The number of carbonyl (C=O) groups excluding carboxylic acids is 2. The Morgan fingerprint density at radius 1 is 0.800 bits per heavy atom. The first-order chi connectivity index (χ1) is 16.7. The van der Waals surface area contributed by atoms with E-state index in [0.717, 1.165) is 0 Å². The minimum Gasteiger partial charge on any atom is -0.496 e. The van der Waals surface area contributed by atoms with Crippen molar-refractivity contribution in [2.75, 3.05) is 14.2 Å². The quantitative estimate of drug-likeness (QED) is 0.233. The average molecular weight is 481 g/mol. The first-order valence-electron chi connectivity index (χ1n) is 10.1. The summed E-state index contributed by atoms with van der Waals surface area (Å²) in [6, 6.07) is 11.5. The van der Waals surface area contributed by atoms with Gasteiger partial charge in [-0.15, -0.1) is 0 Å². The maximum atomic E-state index is 10.9. The van der Waals surface area contributed by atoms with Crippen molar-refractivity contribution in [3.8, 4) is 34.1 Å². The molecule has 2 aromatic carbocycles. The highest BCUT2D eigenvalue weighted by atomic mass is 16.7. The molecule has 0 unspecified atom stereocenters. The van der Waals surface area contributed by atoms with Crippen molar-refractivity contribution in [1.82, 2.24) is 16.1 Å². The maximum Gasteiger partial charge on any atom is 0.329 e. The summed E-state index contributed by atoms with van der Waals surface area (Å²) in [7, 11) is 2.96. The van der Waals surface area contributed by atoms with Gasteiger partial charge in [-0.1, -0.05) is 17.3 Å². The number of benzene rings is 2. The molecule has 1 aromatic heterocycles. The van der Waals surface area contributed by atoms with Crippen molar-refractivity contribution in [2.24, 2.45) is 0 Å². The van der Waals surface area contributed by atoms with Gasteiger partial charge in [0.25, 0.3) is 0 Å². The number of nitrogens with one attached hydrogen (secondary N) is 4. The van der Waals surface area contributed by atoms with Gasteiger partial charge in [-0.2, -0.15) is 0 Å². The van der Waals surface area contributed by atoms with Crippen LogP contribution in [-0.4, -0.2) is 43.0 Å². The summed E-state index contributed by atoms with van der Waals surface area (Å²) in [4.78, 5) is 31.2. The van der Waals surface area contributed by atoms with Crippen LogP contribution in [0.2, 0.25) is 0 Å². The van der Waals surface area contributed by atoms with Gasteiger partial charge in [0.1, 0.15) is 17.2 Å². The summed E-state index contributed by atoms with van der Waals surface area (Å²) in [5.41, 5.74) is 7.03. The van der Waals surface area contributed by atoms with E-state index < -0.39 is 11.9 Å². The zero-order valence-electron chi connectivity index (χ0n) is 19.3. The Labute approximate surface area is 200 Å². The molecule has 0 radical (unpaired) electrons. The highest BCUT2D eigenvalue weighted by molar-refractivity contribution is 5.98. The molecule has 0 aliphatic heterocycles. The Balaban J connectivity index is 1.87. The molecule has 1 heterocycles. The van der Waals surface area contributed by atoms with Gasteiger partial charge >= 0.3 is 11.9 Å². The molecule has 0 aliphatic rings. The number of carbonyl (C=O) groups is 2. The topological polar surface area (TPSA) is 169 Å². The Morgan fingerprint density at radius 3 is 1.77 bits per heavy atom. The van der Waals surface area contributed by atoms with E-state index in [9.17, 15) is 9.59 Å². The van der Waals surface area contributed by atoms with E-state index in [-0.39, 0.29) is 11.7 Å². The fourth-order valence-corrected chi connectivity index (χ4v) is 3.00. The summed E-state index contributed by atoms with van der Waals surface area (Å²) in [5.74, 6) is -0.163. The number of hydroxylamine groups is 2. The largest absolute Gasteiger partial charge is 0.496 e. The van der Waals surface area contributed by atoms with Crippen LogP contribution in [0, 0.1) is 10.8 Å². The third kappa shape index (κ3) is 5.93. The number of aromatic nitrogens is 1. The molecule has 0 saturated heterocycles. The van der Waals surface area contributed by atoms with Crippen molar-refractivity contribution in [1.29, 1.82) is 10.8 Å². The van der Waals surface area contributed by atoms with Crippen molar-refractivity contribution in [2.45, 2.75) is 13.8 Å². The van der Waals surface area contributed by atoms with Crippen molar-refractivity contribution in [3.63, 3.8) is 0 Å². The first-order valence-corrected chi connectivity index (χ1v) is 10.1. The van der Waals surface area contributed by atoms with Gasteiger partial charge in [-0.05, 0) is 24.3 Å². The van der Waals surface area contributed by atoms with E-state index in [1.807, 2.05) is 0 Å². The summed E-state index contributed by atoms with van der Waals surface area (Å²) in [6.07, 6.45) is 0. The second kappa shape index (κ2) is 10.8. The fourth-order valence-electron chi connectivity index (χ4n) is 3.00. The fraction of sp³-hybridized carbons (Fsp3) is 0.174. The van der Waals surface area contributed by atoms with Gasteiger partial charge in [0.15, 0.2) is 17.4 Å². The van der Waals surface area contributed by atoms with Crippen molar-refractivity contribution < 1.29 is 33.3 Å². The average Bonchev–Trinajstić information content (AvgIpc) is 3.34. The smallest absolute Gasteiger partial charge is 0.329 e. The summed E-state index contributed by atoms with van der Waals surface area (Å²) in [6.45, 7) is 2.44. The van der Waals surface area contributed by atoms with Gasteiger partial charge in [0.05, 0.1) is 19.8 Å². The van der Waals surface area contributed by atoms with Gasteiger partial charge < -0.3 is 23.7 Å². The molecular formula is C23H23N5O7. The number of amidine groups is 2. The molecule has 12 nitrogen and oxygen atoms in total. The van der Waals surface area contributed by atoms with E-state index in [1.165, 1.54) is 28.1 Å². The standard InChI is InChI=1S/C23H23N5O7/c1-12(29)33-27-22(24)14-5-7-16(19(9-14)31-3)18-11-21(35-26-18)17-8-6-15(10-20(17)32-4)23(25)28-34-13(2)30/h5-11H,1-4H3,(H2,24,27)(H2,25,28). The number of hydrogen-bond donors (Lipinski definition) is 4. The molecule has 3 aromatic rings. The molecule has 0 aliphatic carbocycles. The molecule has 182 valence electrons. The molecule has 0 amide bonds. The zero-order valence-corrected chi connectivity index (χ0v) is 19.3. The van der Waals surface area contributed by atoms with Crippen LogP contribution in [0.15, 0.2) is 47.0 Å². The lowest BCUT2D eigenvalue weighted by atomic mass is 10.0. The second-order valence-electron chi connectivity index (χ2n) is 7.05. The number of nitrogens with zero attached hydrogens (tertiary/aromatic N) is 1. The predicted octanol–water partition coefficient (Wildman–Crippen LogP) is 2.81. The third-order valence-corrected chi connectivity index (χ3v) is 4.63. The number of rotatable bonds is 6. The van der Waals surface area contributed by atoms with Gasteiger partial charge in [0.2, 0.25) is 0 Å². The second-order valence-corrected chi connectivity index (χ2v) is 7.05. The maximum absolute atomic E-state index is 10.9. The summed E-state index contributed by atoms with van der Waals surface area (Å²) < 4.78 is 16.4. The zero-order chi connectivity index (χ0) is 25.5. The molecule has 0 spiro atoms. The molecule has 12 heteroatoms. The number of hydrogen-bond acceptors (Lipinski definition) is 10. The molecule has 0 atom stereocenters. The molecule has 35 heavy (non-hydrogen) atoms. The summed E-state index contributed by atoms with van der Waals surface area (Å²) in [5, 5.41) is 20.1. The van der Waals surface area contributed by atoms with E-state index in [0.29, 0.717) is 45.2 Å². The highest BCUT2D eigenvalue weighted by Crippen LogP contribution is 2.36. The lowest BCUT2D eigenvalue weighted by Crippen LogP contribution is -2.25. The van der Waals surface area contributed by atoms with Gasteiger partial charge in [-0.3, -0.25) is 20.4 Å². The molecular weight excluding hydrogens is 458 g/mol. The van der Waals surface area contributed by atoms with E-state index in [4.69, 9.17) is 24.8 Å². The van der Waals surface area contributed by atoms with Crippen LogP contribution in [-0.2, 0) is 19.3 Å². The number of methoxy groups -OCH3 is 2. The van der Waals surface area contributed by atoms with Crippen LogP contribution < -0.4 is 20.4 Å². The Morgan fingerprint density at radius 2 is 1.29 bits per heavy atom. The molecule has 0 fully saturated rings. The van der Waals surface area contributed by atoms with Crippen LogP contribution in [0.25, 0.3) is 22.6 Å². The molecule has 3 rings (SSSR count). The predicted molar refractivity (Wildman–Crippen MR) is 124 cm³/mol. The van der Waals surface area contributed by atoms with E-state index >= 15 is 0 Å². The van der Waals surface area contributed by atoms with E-state index in [2.05, 4.69) is 25.8 Å².